The lowest BCUT2D eigenvalue weighted by atomic mass is 10.1. The van der Waals surface area contributed by atoms with Gasteiger partial charge in [-0.15, -0.1) is 0 Å². The molecule has 1 aromatic carbocycles. The summed E-state index contributed by atoms with van der Waals surface area (Å²) in [6, 6.07) is 7.60. The van der Waals surface area contributed by atoms with Gasteiger partial charge in [-0.05, 0) is 37.1 Å². The monoisotopic (exact) mass is 230 g/mol. The molecule has 0 fully saturated rings. The molecule has 0 aliphatic rings. The molecule has 0 aliphatic carbocycles. The Balaban J connectivity index is 2.42. The van der Waals surface area contributed by atoms with Crippen molar-refractivity contribution in [3.05, 3.63) is 30.5 Å². The fourth-order valence-electron chi connectivity index (χ4n) is 1.88. The fourth-order valence-corrected chi connectivity index (χ4v) is 1.88. The largest absolute Gasteiger partial charge is 0.490 e. The molecule has 2 N–H and O–H groups in total. The molecule has 0 saturated carbocycles. The molecule has 0 radical (unpaired) electrons. The van der Waals surface area contributed by atoms with Crippen LogP contribution in [0.2, 0.25) is 0 Å². The Morgan fingerprint density at radius 3 is 2.71 bits per heavy atom. The van der Waals surface area contributed by atoms with Crippen LogP contribution in [0, 0.1) is 0 Å². The Hall–Kier alpha value is -1.77. The summed E-state index contributed by atoms with van der Waals surface area (Å²) in [5.74, 6) is 0.871. The maximum Gasteiger partial charge on any atom is 0.130 e. The van der Waals surface area contributed by atoms with E-state index in [9.17, 15) is 0 Å². The van der Waals surface area contributed by atoms with Crippen LogP contribution in [-0.2, 0) is 0 Å². The summed E-state index contributed by atoms with van der Waals surface area (Å²) in [7, 11) is 0. The number of hydrogen-bond acceptors (Lipinski definition) is 3. The van der Waals surface area contributed by atoms with E-state index in [1.54, 1.807) is 6.20 Å². The van der Waals surface area contributed by atoms with E-state index in [4.69, 9.17) is 10.5 Å². The quantitative estimate of drug-likeness (QED) is 0.819. The second-order valence-corrected chi connectivity index (χ2v) is 4.14. The number of rotatable bonds is 4. The first kappa shape index (κ1) is 11.7. The lowest BCUT2D eigenvalue weighted by Crippen LogP contribution is -2.13. The Labute approximate surface area is 102 Å². The third-order valence-corrected chi connectivity index (χ3v) is 2.93. The van der Waals surface area contributed by atoms with Crippen LogP contribution >= 0.6 is 0 Å². The number of nitrogens with two attached hydrogens (primary N) is 1. The molecule has 2 aromatic rings. The average molecular weight is 230 g/mol. The molecule has 2 rings (SSSR count). The molecule has 3 heteroatoms. The van der Waals surface area contributed by atoms with E-state index in [-0.39, 0.29) is 6.10 Å². The number of nitrogens with zero attached hydrogens (tertiary/aromatic N) is 1. The maximum absolute atomic E-state index is 5.99. The van der Waals surface area contributed by atoms with Gasteiger partial charge in [-0.25, -0.2) is 0 Å². The number of pyridine rings is 1. The second kappa shape index (κ2) is 5.04. The number of benzene rings is 1. The molecular weight excluding hydrogens is 212 g/mol. The van der Waals surface area contributed by atoms with Crippen LogP contribution in [0.3, 0.4) is 0 Å². The van der Waals surface area contributed by atoms with Gasteiger partial charge in [-0.1, -0.05) is 13.8 Å². The lowest BCUT2D eigenvalue weighted by molar-refractivity contribution is 0.195. The van der Waals surface area contributed by atoms with Crippen LogP contribution in [0.4, 0.5) is 5.69 Å². The van der Waals surface area contributed by atoms with Gasteiger partial charge >= 0.3 is 0 Å². The summed E-state index contributed by atoms with van der Waals surface area (Å²) >= 11 is 0. The van der Waals surface area contributed by atoms with Crippen molar-refractivity contribution in [2.45, 2.75) is 32.8 Å². The zero-order valence-corrected chi connectivity index (χ0v) is 10.3. The molecular formula is C14H18N2O. The minimum absolute atomic E-state index is 0.252. The third kappa shape index (κ3) is 2.49. The Kier molecular flexibility index (Phi) is 3.47. The fraction of sp³-hybridized carbons (Fsp3) is 0.357. The van der Waals surface area contributed by atoms with Gasteiger partial charge in [0.05, 0.1) is 11.6 Å². The smallest absolute Gasteiger partial charge is 0.130 e. The van der Waals surface area contributed by atoms with Gasteiger partial charge in [0.1, 0.15) is 5.75 Å². The standard InChI is InChI=1S/C14H18N2O/c1-3-11(4-2)17-14-7-8-16-13-6-5-10(15)9-12(13)14/h5-9,11H,3-4,15H2,1-2H3. The van der Waals surface area contributed by atoms with Crippen molar-refractivity contribution in [2.24, 2.45) is 0 Å². The van der Waals surface area contributed by atoms with Crippen LogP contribution < -0.4 is 10.5 Å². The number of aromatic nitrogens is 1. The van der Waals surface area contributed by atoms with E-state index in [0.29, 0.717) is 0 Å². The Morgan fingerprint density at radius 2 is 2.00 bits per heavy atom. The number of nitrogen functional groups attached to an aromatic ring is 1. The first-order valence-electron chi connectivity index (χ1n) is 6.05. The number of ether oxygens (including phenoxy) is 1. The molecule has 0 aliphatic heterocycles. The van der Waals surface area contributed by atoms with Crippen molar-refractivity contribution in [3.8, 4) is 5.75 Å². The zero-order chi connectivity index (χ0) is 12.3. The first-order valence-corrected chi connectivity index (χ1v) is 6.05. The third-order valence-electron chi connectivity index (χ3n) is 2.93. The van der Waals surface area contributed by atoms with Gasteiger partial charge in [0.2, 0.25) is 0 Å². The maximum atomic E-state index is 5.99. The van der Waals surface area contributed by atoms with Crippen molar-refractivity contribution in [2.75, 3.05) is 5.73 Å². The van der Waals surface area contributed by atoms with Crippen LogP contribution in [-0.4, -0.2) is 11.1 Å². The first-order chi connectivity index (χ1) is 8.24. The van der Waals surface area contributed by atoms with Crippen molar-refractivity contribution in [1.29, 1.82) is 0 Å². The van der Waals surface area contributed by atoms with Crippen LogP contribution in [0.25, 0.3) is 10.9 Å². The van der Waals surface area contributed by atoms with Crippen molar-refractivity contribution >= 4 is 16.6 Å². The summed E-state index contributed by atoms with van der Waals surface area (Å²) in [5.41, 5.74) is 7.46. The molecule has 1 aromatic heterocycles. The number of fused-ring (bicyclic) bond motifs is 1. The number of anilines is 1. The molecule has 0 bridgehead atoms. The highest BCUT2D eigenvalue weighted by Crippen LogP contribution is 2.27. The van der Waals surface area contributed by atoms with Crippen molar-refractivity contribution in [1.82, 2.24) is 4.98 Å². The molecule has 0 spiro atoms. The Morgan fingerprint density at radius 1 is 1.24 bits per heavy atom. The van der Waals surface area contributed by atoms with Crippen LogP contribution in [0.5, 0.6) is 5.75 Å². The topological polar surface area (TPSA) is 48.1 Å². The van der Waals surface area contributed by atoms with Gasteiger partial charge in [0.25, 0.3) is 0 Å². The van der Waals surface area contributed by atoms with E-state index in [0.717, 1.165) is 35.2 Å². The SMILES string of the molecule is CCC(CC)Oc1ccnc2ccc(N)cc12. The van der Waals surface area contributed by atoms with Crippen LogP contribution in [0.1, 0.15) is 26.7 Å². The Bertz CT molecular complexity index is 507. The van der Waals surface area contributed by atoms with Gasteiger partial charge in [-0.3, -0.25) is 4.98 Å². The van der Waals surface area contributed by atoms with Gasteiger partial charge in [0.15, 0.2) is 0 Å². The molecule has 17 heavy (non-hydrogen) atoms. The summed E-state index contributed by atoms with van der Waals surface area (Å²) in [4.78, 5) is 4.31. The highest BCUT2D eigenvalue weighted by Gasteiger charge is 2.08. The minimum atomic E-state index is 0.252. The molecule has 0 atom stereocenters. The minimum Gasteiger partial charge on any atom is -0.490 e. The predicted octanol–water partition coefficient (Wildman–Crippen LogP) is 3.38. The summed E-state index contributed by atoms with van der Waals surface area (Å²) < 4.78 is 5.99. The second-order valence-electron chi connectivity index (χ2n) is 4.14. The normalized spacial score (nSPS) is 11.0. The summed E-state index contributed by atoms with van der Waals surface area (Å²) in [6.07, 6.45) is 4.03. The molecule has 90 valence electrons. The highest BCUT2D eigenvalue weighted by atomic mass is 16.5. The molecule has 0 saturated heterocycles. The average Bonchev–Trinajstić information content (AvgIpc) is 2.36. The molecule has 3 nitrogen and oxygen atoms in total. The van der Waals surface area contributed by atoms with E-state index in [1.807, 2.05) is 24.3 Å². The zero-order valence-electron chi connectivity index (χ0n) is 10.3. The van der Waals surface area contributed by atoms with Gasteiger partial charge in [0, 0.05) is 17.3 Å². The van der Waals surface area contributed by atoms with E-state index in [2.05, 4.69) is 18.8 Å². The van der Waals surface area contributed by atoms with E-state index >= 15 is 0 Å². The molecule has 1 heterocycles. The number of hydrogen-bond donors (Lipinski definition) is 1. The van der Waals surface area contributed by atoms with E-state index in [1.165, 1.54) is 0 Å². The summed E-state index contributed by atoms with van der Waals surface area (Å²) in [6.45, 7) is 4.26. The van der Waals surface area contributed by atoms with Crippen molar-refractivity contribution < 1.29 is 4.74 Å². The lowest BCUT2D eigenvalue weighted by Gasteiger charge is -2.17. The van der Waals surface area contributed by atoms with Crippen molar-refractivity contribution in [3.63, 3.8) is 0 Å². The van der Waals surface area contributed by atoms with Gasteiger partial charge < -0.3 is 10.5 Å². The molecule has 0 unspecified atom stereocenters. The van der Waals surface area contributed by atoms with Gasteiger partial charge in [-0.2, -0.15) is 0 Å². The summed E-state index contributed by atoms with van der Waals surface area (Å²) in [5, 5.41) is 0.986. The van der Waals surface area contributed by atoms with Crippen LogP contribution in [0.15, 0.2) is 30.5 Å². The highest BCUT2D eigenvalue weighted by molar-refractivity contribution is 5.87. The molecule has 0 amide bonds. The predicted molar refractivity (Wildman–Crippen MR) is 71.2 cm³/mol. The van der Waals surface area contributed by atoms with E-state index < -0.39 is 0 Å².